The van der Waals surface area contributed by atoms with Crippen LogP contribution in [0.3, 0.4) is 0 Å². The van der Waals surface area contributed by atoms with E-state index in [1.165, 1.54) is 44.1 Å². The molecule has 0 aromatic heterocycles. The van der Waals surface area contributed by atoms with Crippen molar-refractivity contribution in [2.45, 2.75) is 64.7 Å². The third-order valence-electron chi connectivity index (χ3n) is 3.47. The molecule has 0 N–H and O–H groups in total. The highest BCUT2D eigenvalue weighted by molar-refractivity contribution is 5.27. The molecular formula is C18H27NO. The molecule has 0 aliphatic carbocycles. The molecule has 0 radical (unpaired) electrons. The zero-order valence-electron chi connectivity index (χ0n) is 12.7. The van der Waals surface area contributed by atoms with Gasteiger partial charge in [0.05, 0.1) is 12.7 Å². The van der Waals surface area contributed by atoms with Gasteiger partial charge in [-0.3, -0.25) is 0 Å². The van der Waals surface area contributed by atoms with E-state index in [4.69, 9.17) is 10.00 Å². The van der Waals surface area contributed by atoms with Gasteiger partial charge in [0.2, 0.25) is 0 Å². The van der Waals surface area contributed by atoms with Gasteiger partial charge in [-0.05, 0) is 30.5 Å². The molecule has 0 unspecified atom stereocenters. The van der Waals surface area contributed by atoms with Crippen LogP contribution in [0, 0.1) is 11.3 Å². The quantitative estimate of drug-likeness (QED) is 0.514. The lowest BCUT2D eigenvalue weighted by atomic mass is 10.1. The number of hydrogen-bond donors (Lipinski definition) is 0. The third-order valence-corrected chi connectivity index (χ3v) is 3.47. The third kappa shape index (κ3) is 7.84. The number of aryl methyl sites for hydroxylation is 1. The fourth-order valence-electron chi connectivity index (χ4n) is 2.20. The number of ether oxygens (including phenoxy) is 1. The summed E-state index contributed by atoms with van der Waals surface area (Å²) in [5, 5.41) is 8.54. The highest BCUT2D eigenvalue weighted by Crippen LogP contribution is 2.14. The summed E-state index contributed by atoms with van der Waals surface area (Å²) in [6, 6.07) is 10.3. The summed E-state index contributed by atoms with van der Waals surface area (Å²) in [7, 11) is 0. The molecule has 2 heteroatoms. The molecule has 0 amide bonds. The van der Waals surface area contributed by atoms with E-state index in [2.05, 4.69) is 25.1 Å². The van der Waals surface area contributed by atoms with Crippen LogP contribution in [-0.2, 0) is 6.42 Å². The number of nitriles is 1. The summed E-state index contributed by atoms with van der Waals surface area (Å²) < 4.78 is 5.73. The molecular weight excluding hydrogens is 246 g/mol. The van der Waals surface area contributed by atoms with Crippen molar-refractivity contribution in [2.75, 3.05) is 6.61 Å². The summed E-state index contributed by atoms with van der Waals surface area (Å²) >= 11 is 0. The van der Waals surface area contributed by atoms with Crippen LogP contribution >= 0.6 is 0 Å². The second kappa shape index (κ2) is 11.3. The van der Waals surface area contributed by atoms with Crippen molar-refractivity contribution in [1.29, 1.82) is 5.26 Å². The van der Waals surface area contributed by atoms with E-state index in [1.54, 1.807) is 0 Å². The molecule has 0 saturated carbocycles. The van der Waals surface area contributed by atoms with E-state index in [0.717, 1.165) is 25.2 Å². The first-order valence-electron chi connectivity index (χ1n) is 7.95. The van der Waals surface area contributed by atoms with Gasteiger partial charge in [0.25, 0.3) is 0 Å². The molecule has 110 valence electrons. The average molecular weight is 273 g/mol. The Balaban J connectivity index is 2.06. The van der Waals surface area contributed by atoms with Crippen molar-refractivity contribution in [3.8, 4) is 11.8 Å². The van der Waals surface area contributed by atoms with Crippen molar-refractivity contribution in [2.24, 2.45) is 0 Å². The van der Waals surface area contributed by atoms with E-state index in [1.807, 2.05) is 12.1 Å². The zero-order valence-corrected chi connectivity index (χ0v) is 12.7. The Morgan fingerprint density at radius 1 is 0.950 bits per heavy atom. The predicted octanol–water partition coefficient (Wildman–Crippen LogP) is 5.27. The molecule has 1 aromatic carbocycles. The molecule has 0 bridgehead atoms. The van der Waals surface area contributed by atoms with Gasteiger partial charge in [-0.2, -0.15) is 5.26 Å². The molecule has 0 heterocycles. The minimum Gasteiger partial charge on any atom is -0.494 e. The van der Waals surface area contributed by atoms with Gasteiger partial charge >= 0.3 is 0 Å². The molecule has 1 rings (SSSR count). The zero-order chi connectivity index (χ0) is 14.5. The Kier molecular flexibility index (Phi) is 9.40. The molecule has 0 saturated heterocycles. The maximum absolute atomic E-state index is 8.54. The molecule has 0 atom stereocenters. The lowest BCUT2D eigenvalue weighted by Crippen LogP contribution is -1.97. The van der Waals surface area contributed by atoms with Crippen LogP contribution in [0.5, 0.6) is 5.75 Å². The second-order valence-corrected chi connectivity index (χ2v) is 5.27. The Morgan fingerprint density at radius 3 is 2.25 bits per heavy atom. The van der Waals surface area contributed by atoms with Crippen molar-refractivity contribution in [1.82, 2.24) is 0 Å². The van der Waals surface area contributed by atoms with Crippen molar-refractivity contribution < 1.29 is 4.74 Å². The lowest BCUT2D eigenvalue weighted by molar-refractivity contribution is 0.304. The highest BCUT2D eigenvalue weighted by atomic mass is 16.5. The summed E-state index contributed by atoms with van der Waals surface area (Å²) in [4.78, 5) is 0. The van der Waals surface area contributed by atoms with Crippen LogP contribution in [0.4, 0.5) is 0 Å². The molecule has 20 heavy (non-hydrogen) atoms. The van der Waals surface area contributed by atoms with Crippen LogP contribution in [-0.4, -0.2) is 6.61 Å². The fraction of sp³-hybridized carbons (Fsp3) is 0.611. The molecule has 0 aliphatic rings. The monoisotopic (exact) mass is 273 g/mol. The number of hydrogen-bond acceptors (Lipinski definition) is 2. The highest BCUT2D eigenvalue weighted by Gasteiger charge is 1.96. The predicted molar refractivity (Wildman–Crippen MR) is 83.9 cm³/mol. The molecule has 0 spiro atoms. The maximum atomic E-state index is 8.54. The number of rotatable bonds is 11. The van der Waals surface area contributed by atoms with Gasteiger partial charge in [0.15, 0.2) is 0 Å². The van der Waals surface area contributed by atoms with Gasteiger partial charge in [-0.15, -0.1) is 0 Å². The van der Waals surface area contributed by atoms with Crippen molar-refractivity contribution in [3.63, 3.8) is 0 Å². The molecule has 1 aromatic rings. The Hall–Kier alpha value is -1.49. The first kappa shape index (κ1) is 16.6. The van der Waals surface area contributed by atoms with Gasteiger partial charge < -0.3 is 4.74 Å². The van der Waals surface area contributed by atoms with Crippen molar-refractivity contribution in [3.05, 3.63) is 29.8 Å². The van der Waals surface area contributed by atoms with E-state index in [-0.39, 0.29) is 0 Å². The fourth-order valence-corrected chi connectivity index (χ4v) is 2.20. The summed E-state index contributed by atoms with van der Waals surface area (Å²) in [6.07, 6.45) is 10.6. The maximum Gasteiger partial charge on any atom is 0.119 e. The standard InChI is InChI=1S/C18H27NO/c1-2-3-4-5-6-7-8-16-20-18-13-11-17(12-14-18)10-9-15-19/h11-14H,2-10,16H2,1H3. The van der Waals surface area contributed by atoms with E-state index in [9.17, 15) is 0 Å². The van der Waals surface area contributed by atoms with Crippen LogP contribution in [0.2, 0.25) is 0 Å². The Morgan fingerprint density at radius 2 is 1.60 bits per heavy atom. The smallest absolute Gasteiger partial charge is 0.119 e. The first-order valence-corrected chi connectivity index (χ1v) is 7.95. The SMILES string of the molecule is CCCCCCCCCOc1ccc(CCC#N)cc1. The average Bonchev–Trinajstić information content (AvgIpc) is 2.49. The van der Waals surface area contributed by atoms with Gasteiger partial charge in [0.1, 0.15) is 5.75 Å². The van der Waals surface area contributed by atoms with Crippen molar-refractivity contribution >= 4 is 0 Å². The number of unbranched alkanes of at least 4 members (excludes halogenated alkanes) is 6. The number of nitrogens with zero attached hydrogens (tertiary/aromatic N) is 1. The normalized spacial score (nSPS) is 10.2. The van der Waals surface area contributed by atoms with Crippen LogP contribution < -0.4 is 4.74 Å². The Bertz CT molecular complexity index is 377. The van der Waals surface area contributed by atoms with E-state index >= 15 is 0 Å². The van der Waals surface area contributed by atoms with Crippen LogP contribution in [0.1, 0.15) is 63.9 Å². The summed E-state index contributed by atoms with van der Waals surface area (Å²) in [5.41, 5.74) is 1.20. The molecule has 2 nitrogen and oxygen atoms in total. The van der Waals surface area contributed by atoms with E-state index in [0.29, 0.717) is 6.42 Å². The summed E-state index contributed by atoms with van der Waals surface area (Å²) in [6.45, 7) is 3.06. The van der Waals surface area contributed by atoms with Gasteiger partial charge in [-0.25, -0.2) is 0 Å². The Labute approximate surface area is 123 Å². The number of benzene rings is 1. The van der Waals surface area contributed by atoms with Crippen LogP contribution in [0.25, 0.3) is 0 Å². The van der Waals surface area contributed by atoms with Gasteiger partial charge in [-0.1, -0.05) is 57.6 Å². The minimum absolute atomic E-state index is 0.582. The second-order valence-electron chi connectivity index (χ2n) is 5.27. The first-order chi connectivity index (χ1) is 9.86. The molecule has 0 fully saturated rings. The summed E-state index contributed by atoms with van der Waals surface area (Å²) in [5.74, 6) is 0.941. The minimum atomic E-state index is 0.582. The van der Waals surface area contributed by atoms with Gasteiger partial charge in [0, 0.05) is 6.42 Å². The molecule has 0 aliphatic heterocycles. The van der Waals surface area contributed by atoms with E-state index < -0.39 is 0 Å². The largest absolute Gasteiger partial charge is 0.494 e. The lowest BCUT2D eigenvalue weighted by Gasteiger charge is -2.07. The topological polar surface area (TPSA) is 33.0 Å². The van der Waals surface area contributed by atoms with Crippen LogP contribution in [0.15, 0.2) is 24.3 Å².